The highest BCUT2D eigenvalue weighted by atomic mass is 16.5. The van der Waals surface area contributed by atoms with Crippen molar-refractivity contribution >= 4 is 28.5 Å². The van der Waals surface area contributed by atoms with E-state index in [1.54, 1.807) is 7.11 Å². The van der Waals surface area contributed by atoms with Crippen LogP contribution in [0.2, 0.25) is 0 Å². The summed E-state index contributed by atoms with van der Waals surface area (Å²) in [4.78, 5) is 44.6. The molecule has 1 aliphatic carbocycles. The summed E-state index contributed by atoms with van der Waals surface area (Å²) >= 11 is 0. The summed E-state index contributed by atoms with van der Waals surface area (Å²) in [5, 5.41) is 25.4. The Hall–Kier alpha value is -3.77. The van der Waals surface area contributed by atoms with Gasteiger partial charge in [-0.05, 0) is 55.7 Å². The lowest BCUT2D eigenvalue weighted by atomic mass is 9.92. The number of nitrogens with one attached hydrogen (secondary N) is 3. The highest BCUT2D eigenvalue weighted by Gasteiger charge is 2.50. The van der Waals surface area contributed by atoms with Crippen LogP contribution in [0.15, 0.2) is 35.1 Å². The summed E-state index contributed by atoms with van der Waals surface area (Å²) in [5.41, 5.74) is 1.39. The zero-order chi connectivity index (χ0) is 27.1. The minimum atomic E-state index is -1.06. The molecule has 3 fully saturated rings. The average Bonchev–Trinajstić information content (AvgIpc) is 3.75. The van der Waals surface area contributed by atoms with Gasteiger partial charge in [-0.2, -0.15) is 0 Å². The van der Waals surface area contributed by atoms with Crippen LogP contribution in [0.3, 0.4) is 0 Å². The number of aliphatic hydroxyl groups is 1. The van der Waals surface area contributed by atoms with Crippen LogP contribution in [0.25, 0.3) is 10.9 Å². The van der Waals surface area contributed by atoms with Crippen LogP contribution < -0.4 is 15.4 Å². The van der Waals surface area contributed by atoms with Gasteiger partial charge >= 0.3 is 0 Å². The highest BCUT2D eigenvalue weighted by molar-refractivity contribution is 5.99. The molecule has 0 bridgehead atoms. The van der Waals surface area contributed by atoms with Crippen molar-refractivity contribution in [3.8, 4) is 5.75 Å². The minimum Gasteiger partial charge on any atom is -0.496 e. The Labute approximate surface area is 224 Å². The smallest absolute Gasteiger partial charge is 0.286 e. The molecule has 206 valence electrons. The number of aliphatic hydroxyl groups excluding tert-OH is 1. The number of amides is 2. The average molecular weight is 537 g/mol. The molecule has 2 aliphatic heterocycles. The Bertz CT molecular complexity index is 1370. The minimum absolute atomic E-state index is 0.0486. The van der Waals surface area contributed by atoms with Gasteiger partial charge in [0.05, 0.1) is 24.9 Å². The highest BCUT2D eigenvalue weighted by Crippen LogP contribution is 2.45. The fourth-order valence-corrected chi connectivity index (χ4v) is 6.65. The van der Waals surface area contributed by atoms with E-state index in [9.17, 15) is 19.5 Å². The van der Waals surface area contributed by atoms with E-state index in [2.05, 4.69) is 25.8 Å². The van der Waals surface area contributed by atoms with Gasteiger partial charge in [-0.15, -0.1) is 10.2 Å². The quantitative estimate of drug-likeness (QED) is 0.297. The molecule has 2 amide bonds. The topological polar surface area (TPSA) is 163 Å². The normalized spacial score (nSPS) is 26.4. The Morgan fingerprint density at radius 1 is 1.31 bits per heavy atom. The van der Waals surface area contributed by atoms with Crippen molar-refractivity contribution < 1.29 is 28.6 Å². The summed E-state index contributed by atoms with van der Waals surface area (Å²) in [5.74, 6) is -0.651. The summed E-state index contributed by atoms with van der Waals surface area (Å²) in [6.45, 7) is 1.09. The molecule has 1 aromatic carbocycles. The lowest BCUT2D eigenvalue weighted by molar-refractivity contribution is -0.132. The van der Waals surface area contributed by atoms with Crippen molar-refractivity contribution in [1.82, 2.24) is 30.7 Å². The lowest BCUT2D eigenvalue weighted by Crippen LogP contribution is -2.52. The molecule has 3 aliphatic rings. The molecule has 4 N–H and O–H groups in total. The summed E-state index contributed by atoms with van der Waals surface area (Å²) in [6, 6.07) is 5.83. The van der Waals surface area contributed by atoms with E-state index in [-0.39, 0.29) is 36.0 Å². The Morgan fingerprint density at radius 2 is 2.18 bits per heavy atom. The maximum atomic E-state index is 13.9. The van der Waals surface area contributed by atoms with Crippen LogP contribution in [-0.4, -0.2) is 75.1 Å². The molecule has 0 spiro atoms. The van der Waals surface area contributed by atoms with Crippen LogP contribution in [-0.2, 0) is 9.59 Å². The van der Waals surface area contributed by atoms with Gasteiger partial charge in [-0.3, -0.25) is 19.3 Å². The number of H-pyrrole nitrogens is 1. The molecule has 12 nitrogen and oxygen atoms in total. The van der Waals surface area contributed by atoms with E-state index < -0.39 is 30.0 Å². The summed E-state index contributed by atoms with van der Waals surface area (Å²) < 4.78 is 10.6. The standard InChI is InChI=1S/C27H32N6O6/c1-38-21-7-3-6-18-17(21)11-20(30-18)27(37)33-12-15-4-2-5-16(15)22(33)25(36)31-19(10-14-8-9-28-24(14)35)23(34)26-32-29-13-39-26/h3,6-7,11,13-16,19,22,27,30,37H,2,4-5,8-10,12H2,1H3,(H,28,35)(H,31,36). The van der Waals surface area contributed by atoms with Gasteiger partial charge in [0.15, 0.2) is 0 Å². The van der Waals surface area contributed by atoms with Gasteiger partial charge in [0.25, 0.3) is 5.89 Å². The van der Waals surface area contributed by atoms with Gasteiger partial charge in [0.2, 0.25) is 24.0 Å². The van der Waals surface area contributed by atoms with Crippen molar-refractivity contribution in [1.29, 1.82) is 0 Å². The van der Waals surface area contributed by atoms with Gasteiger partial charge in [-0.25, -0.2) is 0 Å². The van der Waals surface area contributed by atoms with Gasteiger partial charge in [-0.1, -0.05) is 12.5 Å². The zero-order valence-corrected chi connectivity index (χ0v) is 21.6. The van der Waals surface area contributed by atoms with E-state index >= 15 is 0 Å². The third-order valence-electron chi connectivity index (χ3n) is 8.54. The van der Waals surface area contributed by atoms with Crippen molar-refractivity contribution in [2.75, 3.05) is 20.2 Å². The van der Waals surface area contributed by atoms with Crippen LogP contribution in [0.1, 0.15) is 54.7 Å². The second kappa shape index (κ2) is 10.4. The first-order valence-electron chi connectivity index (χ1n) is 13.4. The fraction of sp³-hybridized carbons (Fsp3) is 0.519. The molecule has 2 saturated heterocycles. The Morgan fingerprint density at radius 3 is 2.92 bits per heavy atom. The zero-order valence-electron chi connectivity index (χ0n) is 21.6. The lowest BCUT2D eigenvalue weighted by Gasteiger charge is -2.31. The number of carbonyl (C=O) groups excluding carboxylic acids is 3. The fourth-order valence-electron chi connectivity index (χ4n) is 6.65. The number of methoxy groups -OCH3 is 1. The number of hydrogen-bond donors (Lipinski definition) is 4. The number of rotatable bonds is 9. The van der Waals surface area contributed by atoms with Crippen LogP contribution in [0.4, 0.5) is 0 Å². The number of aromatic nitrogens is 3. The second-order valence-electron chi connectivity index (χ2n) is 10.7. The molecule has 3 aromatic rings. The Balaban J connectivity index is 1.27. The van der Waals surface area contributed by atoms with E-state index in [0.29, 0.717) is 31.0 Å². The number of nitrogens with zero attached hydrogens (tertiary/aromatic N) is 3. The molecule has 6 unspecified atom stereocenters. The van der Waals surface area contributed by atoms with Crippen molar-refractivity contribution in [3.05, 3.63) is 42.2 Å². The van der Waals surface area contributed by atoms with Crippen molar-refractivity contribution in [3.63, 3.8) is 0 Å². The van der Waals surface area contributed by atoms with Gasteiger partial charge in [0.1, 0.15) is 12.0 Å². The predicted octanol–water partition coefficient (Wildman–Crippen LogP) is 1.54. The molecule has 1 saturated carbocycles. The molecule has 6 atom stereocenters. The molecule has 39 heavy (non-hydrogen) atoms. The molecule has 0 radical (unpaired) electrons. The molecule has 2 aromatic heterocycles. The first-order valence-corrected chi connectivity index (χ1v) is 13.4. The van der Waals surface area contributed by atoms with E-state index in [1.807, 2.05) is 29.2 Å². The SMILES string of the molecule is COc1cccc2[nH]c(C(O)N3CC4CCCC4C3C(=O)NC(CC3CCNC3=O)C(=O)c3nnco3)cc12. The third kappa shape index (κ3) is 4.67. The van der Waals surface area contributed by atoms with Crippen LogP contribution in [0, 0.1) is 17.8 Å². The van der Waals surface area contributed by atoms with E-state index in [0.717, 1.165) is 36.6 Å². The number of aromatic amines is 1. The number of carbonyl (C=O) groups is 3. The van der Waals surface area contributed by atoms with E-state index in [1.165, 1.54) is 0 Å². The maximum absolute atomic E-state index is 13.9. The first kappa shape index (κ1) is 25.5. The summed E-state index contributed by atoms with van der Waals surface area (Å²) in [6.07, 6.45) is 3.55. The number of likely N-dealkylation sites (tertiary alicyclic amines) is 1. The number of hydrogen-bond acceptors (Lipinski definition) is 9. The second-order valence-corrected chi connectivity index (χ2v) is 10.7. The molecule has 12 heteroatoms. The largest absolute Gasteiger partial charge is 0.496 e. The van der Waals surface area contributed by atoms with Gasteiger partial charge < -0.3 is 29.9 Å². The molecular formula is C27H32N6O6. The monoisotopic (exact) mass is 536 g/mol. The predicted molar refractivity (Wildman–Crippen MR) is 137 cm³/mol. The molecular weight excluding hydrogens is 504 g/mol. The Kier molecular flexibility index (Phi) is 6.81. The number of ether oxygens (including phenoxy) is 1. The molecule has 4 heterocycles. The van der Waals surface area contributed by atoms with E-state index in [4.69, 9.17) is 9.15 Å². The third-order valence-corrected chi connectivity index (χ3v) is 8.54. The molecule has 6 rings (SSSR count). The van der Waals surface area contributed by atoms with Crippen molar-refractivity contribution in [2.24, 2.45) is 17.8 Å². The van der Waals surface area contributed by atoms with Crippen molar-refractivity contribution in [2.45, 2.75) is 50.4 Å². The number of fused-ring (bicyclic) bond motifs is 2. The number of Topliss-reactive ketones (excluding diaryl/α,β-unsaturated/α-hetero) is 1. The summed E-state index contributed by atoms with van der Waals surface area (Å²) in [7, 11) is 1.60. The maximum Gasteiger partial charge on any atom is 0.286 e. The van der Waals surface area contributed by atoms with Crippen LogP contribution in [0.5, 0.6) is 5.75 Å². The first-order chi connectivity index (χ1) is 18.9. The number of benzene rings is 1. The number of ketones is 1. The van der Waals surface area contributed by atoms with Crippen LogP contribution >= 0.6 is 0 Å². The van der Waals surface area contributed by atoms with Gasteiger partial charge in [0, 0.05) is 29.9 Å².